The number of amides is 1. The molecule has 2 heterocycles. The minimum atomic E-state index is -0.572. The molecule has 8 nitrogen and oxygen atoms in total. The molecule has 0 fully saturated rings. The van der Waals surface area contributed by atoms with Crippen LogP contribution in [0.5, 0.6) is 0 Å². The normalized spacial score (nSPS) is 10.6. The third-order valence-corrected chi connectivity index (χ3v) is 3.16. The van der Waals surface area contributed by atoms with Crippen LogP contribution >= 0.6 is 15.9 Å². The SMILES string of the molecule is Cc1cc(Cn2cc(Br)c(=O)[nH]c2=O)oc1C(=O)NN. The van der Waals surface area contributed by atoms with Crippen LogP contribution in [0.2, 0.25) is 0 Å². The van der Waals surface area contributed by atoms with Gasteiger partial charge in [0, 0.05) is 11.8 Å². The minimum absolute atomic E-state index is 0.0763. The smallest absolute Gasteiger partial charge is 0.328 e. The molecule has 9 heteroatoms. The van der Waals surface area contributed by atoms with Crippen LogP contribution in [-0.2, 0) is 6.54 Å². The van der Waals surface area contributed by atoms with Crippen molar-refractivity contribution in [1.29, 1.82) is 0 Å². The number of aromatic nitrogens is 2. The van der Waals surface area contributed by atoms with E-state index in [1.165, 1.54) is 10.8 Å². The number of carbonyl (C=O) groups excluding carboxylic acids is 1. The van der Waals surface area contributed by atoms with Crippen LogP contribution in [-0.4, -0.2) is 15.5 Å². The second kappa shape index (κ2) is 5.47. The van der Waals surface area contributed by atoms with Crippen molar-refractivity contribution in [2.75, 3.05) is 0 Å². The Labute approximate surface area is 120 Å². The lowest BCUT2D eigenvalue weighted by atomic mass is 10.2. The summed E-state index contributed by atoms with van der Waals surface area (Å²) in [5.74, 6) is 4.96. The number of nitrogens with two attached hydrogens (primary N) is 1. The van der Waals surface area contributed by atoms with E-state index in [0.717, 1.165) is 0 Å². The molecule has 1 amide bonds. The van der Waals surface area contributed by atoms with Crippen molar-refractivity contribution in [1.82, 2.24) is 15.0 Å². The van der Waals surface area contributed by atoms with Gasteiger partial charge in [0.15, 0.2) is 5.76 Å². The lowest BCUT2D eigenvalue weighted by Gasteiger charge is -2.02. The third-order valence-electron chi connectivity index (χ3n) is 2.60. The van der Waals surface area contributed by atoms with Crippen LogP contribution in [0.25, 0.3) is 0 Å². The molecule has 0 radical (unpaired) electrons. The maximum absolute atomic E-state index is 11.6. The Morgan fingerprint density at radius 1 is 1.55 bits per heavy atom. The number of hydrogen-bond acceptors (Lipinski definition) is 5. The fourth-order valence-corrected chi connectivity index (χ4v) is 2.03. The van der Waals surface area contributed by atoms with E-state index in [-0.39, 0.29) is 16.8 Å². The molecule has 106 valence electrons. The van der Waals surface area contributed by atoms with Gasteiger partial charge in [-0.05, 0) is 28.9 Å². The van der Waals surface area contributed by atoms with Gasteiger partial charge in [-0.3, -0.25) is 24.6 Å². The summed E-state index contributed by atoms with van der Waals surface area (Å²) >= 11 is 3.03. The zero-order chi connectivity index (χ0) is 14.9. The van der Waals surface area contributed by atoms with E-state index in [2.05, 4.69) is 20.9 Å². The van der Waals surface area contributed by atoms with Gasteiger partial charge in [-0.25, -0.2) is 10.6 Å². The molecule has 0 aliphatic rings. The summed E-state index contributed by atoms with van der Waals surface area (Å²) in [4.78, 5) is 36.4. The number of rotatable bonds is 3. The van der Waals surface area contributed by atoms with Crippen molar-refractivity contribution in [2.45, 2.75) is 13.5 Å². The molecule has 0 unspecified atom stereocenters. The molecule has 0 saturated heterocycles. The van der Waals surface area contributed by atoms with Crippen LogP contribution < -0.4 is 22.5 Å². The second-order valence-electron chi connectivity index (χ2n) is 4.06. The fourth-order valence-electron chi connectivity index (χ4n) is 1.69. The summed E-state index contributed by atoms with van der Waals surface area (Å²) in [6.07, 6.45) is 1.35. The molecule has 20 heavy (non-hydrogen) atoms. The van der Waals surface area contributed by atoms with Gasteiger partial charge in [-0.15, -0.1) is 0 Å². The first-order valence-electron chi connectivity index (χ1n) is 5.52. The van der Waals surface area contributed by atoms with Crippen molar-refractivity contribution in [3.63, 3.8) is 0 Å². The fraction of sp³-hybridized carbons (Fsp3) is 0.182. The molecule has 0 aromatic carbocycles. The van der Waals surface area contributed by atoms with Crippen LogP contribution in [0.4, 0.5) is 0 Å². The van der Waals surface area contributed by atoms with E-state index in [9.17, 15) is 14.4 Å². The molecule has 2 rings (SSSR count). The highest BCUT2D eigenvalue weighted by Gasteiger charge is 2.15. The highest BCUT2D eigenvalue weighted by Crippen LogP contribution is 2.15. The highest BCUT2D eigenvalue weighted by molar-refractivity contribution is 9.10. The molecule has 0 aliphatic heterocycles. The predicted molar refractivity (Wildman–Crippen MR) is 73.2 cm³/mol. The van der Waals surface area contributed by atoms with Gasteiger partial charge in [-0.2, -0.15) is 0 Å². The molecule has 0 spiro atoms. The Morgan fingerprint density at radius 3 is 2.90 bits per heavy atom. The minimum Gasteiger partial charge on any atom is -0.454 e. The second-order valence-corrected chi connectivity index (χ2v) is 4.92. The standard InChI is InChI=1S/C11H11BrN4O4/c1-5-2-6(20-8(5)10(18)15-13)3-16-4-7(12)9(17)14-11(16)19/h2,4H,3,13H2,1H3,(H,15,18)(H,14,17,19). The van der Waals surface area contributed by atoms with E-state index < -0.39 is 17.2 Å². The van der Waals surface area contributed by atoms with Gasteiger partial charge in [0.1, 0.15) is 5.76 Å². The Morgan fingerprint density at radius 2 is 2.25 bits per heavy atom. The first-order chi connectivity index (χ1) is 9.42. The molecule has 4 N–H and O–H groups in total. The largest absolute Gasteiger partial charge is 0.454 e. The number of aryl methyl sites for hydroxylation is 1. The average Bonchev–Trinajstić information content (AvgIpc) is 2.76. The maximum Gasteiger partial charge on any atom is 0.328 e. The summed E-state index contributed by atoms with van der Waals surface area (Å²) in [5.41, 5.74) is 1.49. The molecule has 0 atom stereocenters. The first-order valence-corrected chi connectivity index (χ1v) is 6.31. The summed E-state index contributed by atoms with van der Waals surface area (Å²) in [6.45, 7) is 1.76. The Kier molecular flexibility index (Phi) is 3.91. The van der Waals surface area contributed by atoms with E-state index in [4.69, 9.17) is 10.3 Å². The molecule has 2 aromatic rings. The zero-order valence-electron chi connectivity index (χ0n) is 10.4. The summed E-state index contributed by atoms with van der Waals surface area (Å²) in [6, 6.07) is 1.62. The lowest BCUT2D eigenvalue weighted by Crippen LogP contribution is -2.30. The van der Waals surface area contributed by atoms with Gasteiger partial charge in [-0.1, -0.05) is 0 Å². The Bertz CT molecular complexity index is 773. The quantitative estimate of drug-likeness (QED) is 0.406. The van der Waals surface area contributed by atoms with E-state index in [1.807, 2.05) is 5.43 Å². The Hall–Kier alpha value is -2.13. The maximum atomic E-state index is 11.6. The first kappa shape index (κ1) is 14.3. The number of furan rings is 1. The number of nitrogen functional groups attached to an aromatic ring is 1. The number of nitrogens with one attached hydrogen (secondary N) is 2. The van der Waals surface area contributed by atoms with E-state index in [0.29, 0.717) is 11.3 Å². The predicted octanol–water partition coefficient (Wildman–Crippen LogP) is -0.148. The molecule has 0 aliphatic carbocycles. The van der Waals surface area contributed by atoms with E-state index >= 15 is 0 Å². The third kappa shape index (κ3) is 2.73. The van der Waals surface area contributed by atoms with Gasteiger partial charge < -0.3 is 4.42 Å². The number of hydrogen-bond donors (Lipinski definition) is 3. The van der Waals surface area contributed by atoms with Crippen molar-refractivity contribution in [3.8, 4) is 0 Å². The van der Waals surface area contributed by atoms with Crippen LogP contribution in [0.1, 0.15) is 21.9 Å². The molecular weight excluding hydrogens is 332 g/mol. The Balaban J connectivity index is 2.36. The number of carbonyl (C=O) groups is 1. The van der Waals surface area contributed by atoms with Gasteiger partial charge in [0.05, 0.1) is 11.0 Å². The van der Waals surface area contributed by atoms with Crippen molar-refractivity contribution < 1.29 is 9.21 Å². The molecule has 0 saturated carbocycles. The van der Waals surface area contributed by atoms with Crippen LogP contribution in [0.3, 0.4) is 0 Å². The summed E-state index contributed by atoms with van der Waals surface area (Å²) < 4.78 is 6.80. The topological polar surface area (TPSA) is 123 Å². The number of H-pyrrole nitrogens is 1. The van der Waals surface area contributed by atoms with Crippen molar-refractivity contribution in [2.24, 2.45) is 5.84 Å². The molecule has 0 bridgehead atoms. The molecule has 2 aromatic heterocycles. The molecular formula is C11H11BrN4O4. The van der Waals surface area contributed by atoms with Crippen molar-refractivity contribution >= 4 is 21.8 Å². The number of aromatic amines is 1. The van der Waals surface area contributed by atoms with Gasteiger partial charge >= 0.3 is 11.6 Å². The highest BCUT2D eigenvalue weighted by atomic mass is 79.9. The summed E-state index contributed by atoms with van der Waals surface area (Å²) in [5, 5.41) is 0. The van der Waals surface area contributed by atoms with Crippen LogP contribution in [0.15, 0.2) is 30.7 Å². The number of nitrogens with zero attached hydrogens (tertiary/aromatic N) is 1. The number of halogens is 1. The average molecular weight is 343 g/mol. The number of hydrazine groups is 1. The van der Waals surface area contributed by atoms with Gasteiger partial charge in [0.25, 0.3) is 5.56 Å². The summed E-state index contributed by atoms with van der Waals surface area (Å²) in [7, 11) is 0. The monoisotopic (exact) mass is 342 g/mol. The van der Waals surface area contributed by atoms with E-state index in [1.54, 1.807) is 13.0 Å². The van der Waals surface area contributed by atoms with Crippen molar-refractivity contribution in [3.05, 3.63) is 54.7 Å². The van der Waals surface area contributed by atoms with Crippen LogP contribution in [0, 0.1) is 6.92 Å². The lowest BCUT2D eigenvalue weighted by molar-refractivity contribution is 0.0923. The van der Waals surface area contributed by atoms with Gasteiger partial charge in [0.2, 0.25) is 0 Å². The zero-order valence-corrected chi connectivity index (χ0v) is 12.0.